The van der Waals surface area contributed by atoms with Crippen molar-refractivity contribution in [2.45, 2.75) is 26.2 Å². The van der Waals surface area contributed by atoms with E-state index < -0.39 is 0 Å². The fraction of sp³-hybridized carbons (Fsp3) is 0.308. The maximum absolute atomic E-state index is 5.83. The summed E-state index contributed by atoms with van der Waals surface area (Å²) in [5, 5.41) is 1.15. The highest BCUT2D eigenvalue weighted by Gasteiger charge is 2.26. The summed E-state index contributed by atoms with van der Waals surface area (Å²) in [6.07, 6.45) is 0. The first-order valence-electron chi connectivity index (χ1n) is 4.90. The lowest BCUT2D eigenvalue weighted by Crippen LogP contribution is -2.10. The summed E-state index contributed by atoms with van der Waals surface area (Å²) < 4.78 is 5.83. The molecule has 0 saturated heterocycles. The average Bonchev–Trinajstić information content (AvgIpc) is 2.16. The molecule has 0 fully saturated rings. The molecule has 0 aliphatic carbocycles. The van der Waals surface area contributed by atoms with Gasteiger partial charge in [0.15, 0.2) is 0 Å². The standard InChI is InChI=1S/C13H15O/c1-13(2,3)12-9-8-10-6-4-5-7-11(10)14-12/h4-9H,1-3H3/q+1. The minimum atomic E-state index is 0.0734. The van der Waals surface area contributed by atoms with E-state index >= 15 is 0 Å². The number of para-hydroxylation sites is 1. The van der Waals surface area contributed by atoms with Crippen LogP contribution in [-0.2, 0) is 5.41 Å². The molecule has 1 heteroatoms. The Morgan fingerprint density at radius 1 is 0.929 bits per heavy atom. The first-order valence-corrected chi connectivity index (χ1v) is 4.90. The summed E-state index contributed by atoms with van der Waals surface area (Å²) >= 11 is 0. The van der Waals surface area contributed by atoms with Crippen LogP contribution in [0.15, 0.2) is 40.8 Å². The number of hydrogen-bond donors (Lipinski definition) is 0. The lowest BCUT2D eigenvalue weighted by atomic mass is 9.93. The van der Waals surface area contributed by atoms with E-state index in [1.807, 2.05) is 18.2 Å². The van der Waals surface area contributed by atoms with Crippen LogP contribution in [0.2, 0.25) is 0 Å². The second-order valence-corrected chi connectivity index (χ2v) is 4.59. The van der Waals surface area contributed by atoms with Gasteiger partial charge < -0.3 is 0 Å². The first-order chi connectivity index (χ1) is 6.57. The van der Waals surface area contributed by atoms with Crippen LogP contribution in [0, 0.1) is 0 Å². The van der Waals surface area contributed by atoms with Gasteiger partial charge in [-0.15, -0.1) is 0 Å². The van der Waals surface area contributed by atoms with Crippen molar-refractivity contribution in [2.75, 3.05) is 0 Å². The van der Waals surface area contributed by atoms with E-state index in [0.717, 1.165) is 16.7 Å². The van der Waals surface area contributed by atoms with Crippen molar-refractivity contribution >= 4 is 11.0 Å². The second kappa shape index (κ2) is 3.09. The van der Waals surface area contributed by atoms with Gasteiger partial charge in [-0.3, -0.25) is 0 Å². The van der Waals surface area contributed by atoms with E-state index in [-0.39, 0.29) is 5.41 Å². The molecule has 0 aliphatic heterocycles. The summed E-state index contributed by atoms with van der Waals surface area (Å²) in [5.74, 6) is 1.02. The summed E-state index contributed by atoms with van der Waals surface area (Å²) in [6, 6.07) is 12.3. The number of fused-ring (bicyclic) bond motifs is 1. The SMILES string of the molecule is CC(C)(C)c1ccc2ccccc2[o+]1. The van der Waals surface area contributed by atoms with Gasteiger partial charge in [-0.2, -0.15) is 0 Å². The molecule has 1 aromatic carbocycles. The molecular formula is C13H15O+. The van der Waals surface area contributed by atoms with Crippen LogP contribution in [0.25, 0.3) is 11.0 Å². The van der Waals surface area contributed by atoms with Crippen LogP contribution in [0.4, 0.5) is 0 Å². The monoisotopic (exact) mass is 187 g/mol. The van der Waals surface area contributed by atoms with Gasteiger partial charge in [-0.05, 0) is 32.9 Å². The van der Waals surface area contributed by atoms with Gasteiger partial charge in [-0.1, -0.05) is 12.1 Å². The minimum Gasteiger partial charge on any atom is -0.212 e. The highest BCUT2D eigenvalue weighted by molar-refractivity contribution is 5.76. The Morgan fingerprint density at radius 2 is 1.64 bits per heavy atom. The van der Waals surface area contributed by atoms with Gasteiger partial charge in [0.05, 0.1) is 10.8 Å². The Morgan fingerprint density at radius 3 is 2.36 bits per heavy atom. The van der Waals surface area contributed by atoms with Crippen molar-refractivity contribution in [3.63, 3.8) is 0 Å². The van der Waals surface area contributed by atoms with E-state index in [0.29, 0.717) is 0 Å². The summed E-state index contributed by atoms with van der Waals surface area (Å²) in [6.45, 7) is 6.46. The highest BCUT2D eigenvalue weighted by Crippen LogP contribution is 2.25. The Hall–Kier alpha value is -1.37. The Kier molecular flexibility index (Phi) is 2.03. The van der Waals surface area contributed by atoms with Crippen LogP contribution < -0.4 is 0 Å². The molecule has 2 rings (SSSR count). The minimum absolute atomic E-state index is 0.0734. The van der Waals surface area contributed by atoms with Crippen molar-refractivity contribution in [1.82, 2.24) is 0 Å². The molecule has 0 amide bonds. The van der Waals surface area contributed by atoms with Crippen LogP contribution >= 0.6 is 0 Å². The van der Waals surface area contributed by atoms with Crippen LogP contribution in [0.5, 0.6) is 0 Å². The van der Waals surface area contributed by atoms with E-state index in [1.165, 1.54) is 0 Å². The van der Waals surface area contributed by atoms with E-state index in [9.17, 15) is 0 Å². The van der Waals surface area contributed by atoms with Gasteiger partial charge in [-0.25, -0.2) is 4.42 Å². The molecule has 0 spiro atoms. The molecule has 0 aliphatic rings. The molecule has 0 saturated carbocycles. The van der Waals surface area contributed by atoms with Crippen LogP contribution in [0.3, 0.4) is 0 Å². The third-order valence-electron chi connectivity index (χ3n) is 2.29. The molecule has 72 valence electrons. The molecule has 0 bridgehead atoms. The molecule has 0 unspecified atom stereocenters. The maximum atomic E-state index is 5.83. The fourth-order valence-electron chi connectivity index (χ4n) is 1.43. The van der Waals surface area contributed by atoms with Gasteiger partial charge in [0, 0.05) is 12.1 Å². The predicted octanol–water partition coefficient (Wildman–Crippen LogP) is 4.01. The quantitative estimate of drug-likeness (QED) is 0.567. The average molecular weight is 187 g/mol. The zero-order valence-electron chi connectivity index (χ0n) is 8.87. The van der Waals surface area contributed by atoms with Gasteiger partial charge in [0.25, 0.3) is 0 Å². The number of rotatable bonds is 0. The molecular weight excluding hydrogens is 172 g/mol. The van der Waals surface area contributed by atoms with E-state index in [1.54, 1.807) is 0 Å². The van der Waals surface area contributed by atoms with Crippen LogP contribution in [0.1, 0.15) is 26.5 Å². The zero-order chi connectivity index (χ0) is 10.2. The van der Waals surface area contributed by atoms with E-state index in [2.05, 4.69) is 39.0 Å². The zero-order valence-corrected chi connectivity index (χ0v) is 8.87. The number of hydrogen-bond acceptors (Lipinski definition) is 0. The van der Waals surface area contributed by atoms with Crippen molar-refractivity contribution in [1.29, 1.82) is 0 Å². The summed E-state index contributed by atoms with van der Waals surface area (Å²) in [4.78, 5) is 0. The molecule has 0 radical (unpaired) electrons. The largest absolute Gasteiger partial charge is 0.360 e. The van der Waals surface area contributed by atoms with Crippen LogP contribution in [-0.4, -0.2) is 0 Å². The normalized spacial score (nSPS) is 11.9. The first kappa shape index (κ1) is 9.20. The van der Waals surface area contributed by atoms with Crippen molar-refractivity contribution < 1.29 is 4.42 Å². The fourth-order valence-corrected chi connectivity index (χ4v) is 1.43. The molecule has 1 nitrogen and oxygen atoms in total. The van der Waals surface area contributed by atoms with Gasteiger partial charge in [0.2, 0.25) is 0 Å². The Balaban J connectivity index is 2.63. The van der Waals surface area contributed by atoms with Crippen molar-refractivity contribution in [2.24, 2.45) is 0 Å². The summed E-state index contributed by atoms with van der Waals surface area (Å²) in [5.41, 5.74) is 1.03. The Bertz CT molecular complexity index is 452. The Labute approximate surface area is 84.4 Å². The van der Waals surface area contributed by atoms with E-state index in [4.69, 9.17) is 4.42 Å². The van der Waals surface area contributed by atoms with Gasteiger partial charge in [0.1, 0.15) is 0 Å². The lowest BCUT2D eigenvalue weighted by Gasteiger charge is -2.07. The topological polar surface area (TPSA) is 11.3 Å². The molecule has 2 aromatic rings. The third-order valence-corrected chi connectivity index (χ3v) is 2.29. The molecule has 1 heterocycles. The van der Waals surface area contributed by atoms with Crippen molar-refractivity contribution in [3.8, 4) is 0 Å². The molecule has 14 heavy (non-hydrogen) atoms. The predicted molar refractivity (Wildman–Crippen MR) is 59.3 cm³/mol. The molecule has 1 aromatic heterocycles. The third kappa shape index (κ3) is 1.63. The van der Waals surface area contributed by atoms with Crippen molar-refractivity contribution in [3.05, 3.63) is 42.2 Å². The van der Waals surface area contributed by atoms with Gasteiger partial charge >= 0.3 is 11.3 Å². The molecule has 0 atom stereocenters. The smallest absolute Gasteiger partial charge is 0.212 e. The summed E-state index contributed by atoms with van der Waals surface area (Å²) in [7, 11) is 0. The lowest BCUT2D eigenvalue weighted by molar-refractivity contribution is 0.422. The highest BCUT2D eigenvalue weighted by atomic mass is 16.3. The number of benzene rings is 1. The molecule has 0 N–H and O–H groups in total. The maximum Gasteiger partial charge on any atom is 0.360 e. The second-order valence-electron chi connectivity index (χ2n) is 4.59.